The van der Waals surface area contributed by atoms with Crippen LogP contribution in [0.1, 0.15) is 41.4 Å². The average Bonchev–Trinajstić information content (AvgIpc) is 2.85. The Kier molecular flexibility index (Phi) is 6.87. The highest BCUT2D eigenvalue weighted by Gasteiger charge is 2.43. The molecule has 5 nitrogen and oxygen atoms in total. The van der Waals surface area contributed by atoms with E-state index in [0.717, 1.165) is 24.0 Å². The van der Waals surface area contributed by atoms with Crippen molar-refractivity contribution in [2.45, 2.75) is 33.1 Å². The van der Waals surface area contributed by atoms with E-state index in [9.17, 15) is 9.59 Å². The molecule has 1 aromatic heterocycles. The molecule has 2 amide bonds. The smallest absolute Gasteiger partial charge is 0.272 e. The van der Waals surface area contributed by atoms with Gasteiger partial charge in [-0.15, -0.1) is 0 Å². The summed E-state index contributed by atoms with van der Waals surface area (Å²) in [4.78, 5) is 32.4. The van der Waals surface area contributed by atoms with Crippen LogP contribution in [-0.4, -0.2) is 41.3 Å². The van der Waals surface area contributed by atoms with E-state index in [-0.39, 0.29) is 11.8 Å². The molecule has 1 unspecified atom stereocenters. The summed E-state index contributed by atoms with van der Waals surface area (Å²) in [6.07, 6.45) is 3.77. The fraction of sp³-hybridized carbons (Fsp3) is 0.321. The van der Waals surface area contributed by atoms with Crippen molar-refractivity contribution in [2.24, 2.45) is 5.41 Å². The van der Waals surface area contributed by atoms with Crippen LogP contribution in [0.5, 0.6) is 0 Å². The summed E-state index contributed by atoms with van der Waals surface area (Å²) in [6.45, 7) is 5.62. The SMILES string of the molecule is CCNC(=O)C1(Cc2ccc(-c3ccc(C)cc3)cc2)CCCN(C(=O)c2ccccn2)C1. The Morgan fingerprint density at radius 3 is 2.33 bits per heavy atom. The zero-order valence-corrected chi connectivity index (χ0v) is 19.4. The topological polar surface area (TPSA) is 62.3 Å². The summed E-state index contributed by atoms with van der Waals surface area (Å²) in [5.74, 6) is -0.0928. The highest BCUT2D eigenvalue weighted by molar-refractivity contribution is 5.93. The van der Waals surface area contributed by atoms with Gasteiger partial charge < -0.3 is 10.2 Å². The van der Waals surface area contributed by atoms with Gasteiger partial charge in [-0.2, -0.15) is 0 Å². The number of carbonyl (C=O) groups excluding carboxylic acids is 2. The first kappa shape index (κ1) is 22.7. The van der Waals surface area contributed by atoms with Gasteiger partial charge in [0, 0.05) is 25.8 Å². The van der Waals surface area contributed by atoms with Gasteiger partial charge in [0.2, 0.25) is 5.91 Å². The Labute approximate surface area is 195 Å². The molecule has 2 heterocycles. The van der Waals surface area contributed by atoms with E-state index < -0.39 is 5.41 Å². The zero-order valence-electron chi connectivity index (χ0n) is 19.4. The summed E-state index contributed by atoms with van der Waals surface area (Å²) in [5, 5.41) is 3.03. The largest absolute Gasteiger partial charge is 0.356 e. The lowest BCUT2D eigenvalue weighted by Crippen LogP contribution is -2.54. The van der Waals surface area contributed by atoms with Crippen molar-refractivity contribution in [1.29, 1.82) is 0 Å². The number of rotatable bonds is 6. The van der Waals surface area contributed by atoms with Crippen LogP contribution in [0.25, 0.3) is 11.1 Å². The molecular formula is C28H31N3O2. The van der Waals surface area contributed by atoms with Gasteiger partial charge in [0.15, 0.2) is 0 Å². The van der Waals surface area contributed by atoms with Crippen LogP contribution in [0.4, 0.5) is 0 Å². The van der Waals surface area contributed by atoms with Crippen LogP contribution in [0.3, 0.4) is 0 Å². The molecule has 1 saturated heterocycles. The third-order valence-corrected chi connectivity index (χ3v) is 6.45. The number of pyridine rings is 1. The molecule has 1 atom stereocenters. The second kappa shape index (κ2) is 9.99. The lowest BCUT2D eigenvalue weighted by atomic mass is 9.74. The summed E-state index contributed by atoms with van der Waals surface area (Å²) in [5.41, 5.74) is 4.44. The van der Waals surface area contributed by atoms with Gasteiger partial charge in [-0.25, -0.2) is 0 Å². The Morgan fingerprint density at radius 2 is 1.70 bits per heavy atom. The predicted molar refractivity (Wildman–Crippen MR) is 131 cm³/mol. The first-order valence-corrected chi connectivity index (χ1v) is 11.7. The highest BCUT2D eigenvalue weighted by Crippen LogP contribution is 2.35. The first-order valence-electron chi connectivity index (χ1n) is 11.7. The fourth-order valence-corrected chi connectivity index (χ4v) is 4.67. The minimum absolute atomic E-state index is 0.0196. The van der Waals surface area contributed by atoms with Crippen molar-refractivity contribution in [3.05, 3.63) is 89.7 Å². The number of nitrogens with zero attached hydrogens (tertiary/aromatic N) is 2. The normalized spacial score (nSPS) is 18.1. The van der Waals surface area contributed by atoms with Gasteiger partial charge in [0.05, 0.1) is 5.41 Å². The lowest BCUT2D eigenvalue weighted by molar-refractivity contribution is -0.133. The summed E-state index contributed by atoms with van der Waals surface area (Å²) in [7, 11) is 0. The molecule has 1 aliphatic heterocycles. The second-order valence-corrected chi connectivity index (χ2v) is 8.92. The molecule has 0 saturated carbocycles. The number of likely N-dealkylation sites (tertiary alicyclic amines) is 1. The highest BCUT2D eigenvalue weighted by atomic mass is 16.2. The summed E-state index contributed by atoms with van der Waals surface area (Å²) < 4.78 is 0. The Hall–Kier alpha value is -3.47. The molecule has 33 heavy (non-hydrogen) atoms. The molecule has 4 rings (SSSR count). The molecule has 0 spiro atoms. The van der Waals surface area contributed by atoms with Crippen molar-refractivity contribution in [2.75, 3.05) is 19.6 Å². The van der Waals surface area contributed by atoms with Crippen LogP contribution >= 0.6 is 0 Å². The maximum absolute atomic E-state index is 13.3. The van der Waals surface area contributed by atoms with Gasteiger partial charge in [-0.1, -0.05) is 60.2 Å². The lowest BCUT2D eigenvalue weighted by Gasteiger charge is -2.41. The van der Waals surface area contributed by atoms with Crippen LogP contribution < -0.4 is 5.32 Å². The molecular weight excluding hydrogens is 410 g/mol. The molecule has 1 N–H and O–H groups in total. The minimum Gasteiger partial charge on any atom is -0.356 e. The van der Waals surface area contributed by atoms with Crippen molar-refractivity contribution in [1.82, 2.24) is 15.2 Å². The molecule has 5 heteroatoms. The Bertz CT molecular complexity index is 1090. The molecule has 1 aliphatic rings. The van der Waals surface area contributed by atoms with Gasteiger partial charge >= 0.3 is 0 Å². The third-order valence-electron chi connectivity index (χ3n) is 6.45. The average molecular weight is 442 g/mol. The van der Waals surface area contributed by atoms with Crippen molar-refractivity contribution >= 4 is 11.8 Å². The van der Waals surface area contributed by atoms with E-state index in [1.807, 2.05) is 13.0 Å². The maximum atomic E-state index is 13.3. The second-order valence-electron chi connectivity index (χ2n) is 8.92. The van der Waals surface area contributed by atoms with Crippen molar-refractivity contribution < 1.29 is 9.59 Å². The summed E-state index contributed by atoms with van der Waals surface area (Å²) in [6, 6.07) is 22.3. The third kappa shape index (κ3) is 5.14. The molecule has 0 bridgehead atoms. The number of nitrogens with one attached hydrogen (secondary N) is 1. The number of aromatic nitrogens is 1. The standard InChI is InChI=1S/C28H31N3O2/c1-3-29-27(33)28(16-6-18-31(20-28)26(32)25-7-4-5-17-30-25)19-22-10-14-24(15-11-22)23-12-8-21(2)9-13-23/h4-5,7-15,17H,3,6,16,18-20H2,1-2H3,(H,29,33). The number of hydrogen-bond acceptors (Lipinski definition) is 3. The molecule has 170 valence electrons. The number of piperidine rings is 1. The Morgan fingerprint density at radius 1 is 1.00 bits per heavy atom. The van der Waals surface area contributed by atoms with E-state index in [2.05, 4.69) is 65.8 Å². The Balaban J connectivity index is 1.57. The van der Waals surface area contributed by atoms with Gasteiger partial charge in [-0.05, 0) is 61.9 Å². The van der Waals surface area contributed by atoms with Gasteiger partial charge in [-0.3, -0.25) is 14.6 Å². The van der Waals surface area contributed by atoms with Crippen molar-refractivity contribution in [3.8, 4) is 11.1 Å². The van der Waals surface area contributed by atoms with Crippen LogP contribution in [0, 0.1) is 12.3 Å². The van der Waals surface area contributed by atoms with Crippen LogP contribution in [0.15, 0.2) is 72.9 Å². The summed E-state index contributed by atoms with van der Waals surface area (Å²) >= 11 is 0. The molecule has 2 aromatic carbocycles. The minimum atomic E-state index is -0.649. The van der Waals surface area contributed by atoms with Crippen LogP contribution in [-0.2, 0) is 11.2 Å². The molecule has 0 aliphatic carbocycles. The number of benzene rings is 2. The first-order chi connectivity index (χ1) is 16.0. The van der Waals surface area contributed by atoms with Gasteiger partial charge in [0.25, 0.3) is 5.91 Å². The van der Waals surface area contributed by atoms with E-state index in [4.69, 9.17) is 0 Å². The zero-order chi connectivity index (χ0) is 23.3. The van der Waals surface area contributed by atoms with E-state index >= 15 is 0 Å². The number of hydrogen-bond donors (Lipinski definition) is 1. The maximum Gasteiger partial charge on any atom is 0.272 e. The molecule has 1 fully saturated rings. The number of carbonyl (C=O) groups is 2. The molecule has 3 aromatic rings. The monoisotopic (exact) mass is 441 g/mol. The quantitative estimate of drug-likeness (QED) is 0.605. The molecule has 0 radical (unpaired) electrons. The predicted octanol–water partition coefficient (Wildman–Crippen LogP) is 4.66. The fourth-order valence-electron chi connectivity index (χ4n) is 4.67. The van der Waals surface area contributed by atoms with Gasteiger partial charge in [0.1, 0.15) is 5.69 Å². The number of amides is 2. The van der Waals surface area contributed by atoms with Crippen LogP contribution in [0.2, 0.25) is 0 Å². The number of aryl methyl sites for hydroxylation is 1. The van der Waals surface area contributed by atoms with E-state index in [1.54, 1.807) is 23.2 Å². The van der Waals surface area contributed by atoms with Crippen molar-refractivity contribution in [3.63, 3.8) is 0 Å². The van der Waals surface area contributed by atoms with E-state index in [0.29, 0.717) is 31.7 Å². The van der Waals surface area contributed by atoms with E-state index in [1.165, 1.54) is 11.1 Å².